The molecule has 1 aliphatic carbocycles. The van der Waals surface area contributed by atoms with E-state index in [4.69, 9.17) is 4.74 Å². The second-order valence-electron chi connectivity index (χ2n) is 8.77. The molecule has 11 heteroatoms. The van der Waals surface area contributed by atoms with Crippen molar-refractivity contribution in [2.24, 2.45) is 0 Å². The minimum absolute atomic E-state index is 0.00179. The van der Waals surface area contributed by atoms with Crippen LogP contribution in [0, 0.1) is 0 Å². The van der Waals surface area contributed by atoms with Gasteiger partial charge >= 0.3 is 6.09 Å². The number of ether oxygens (including phenoxy) is 1. The van der Waals surface area contributed by atoms with Crippen LogP contribution in [0.25, 0.3) is 0 Å². The van der Waals surface area contributed by atoms with Crippen LogP contribution in [0.2, 0.25) is 0 Å². The Morgan fingerprint density at radius 3 is 2.50 bits per heavy atom. The van der Waals surface area contributed by atoms with Crippen LogP contribution in [0.3, 0.4) is 0 Å². The van der Waals surface area contributed by atoms with Crippen LogP contribution in [0.1, 0.15) is 31.2 Å². The number of carbonyl (C=O) groups excluding carboxylic acids is 2. The van der Waals surface area contributed by atoms with Crippen molar-refractivity contribution < 1.29 is 22.7 Å². The van der Waals surface area contributed by atoms with Gasteiger partial charge in [-0.3, -0.25) is 14.6 Å². The van der Waals surface area contributed by atoms with Gasteiger partial charge in [0, 0.05) is 24.2 Å². The largest absolute Gasteiger partial charge is 0.445 e. The average molecular weight is 527 g/mol. The number of sulfonamides is 1. The number of amides is 2. The lowest BCUT2D eigenvalue weighted by atomic mass is 10.2. The van der Waals surface area contributed by atoms with Crippen molar-refractivity contribution in [1.29, 1.82) is 0 Å². The predicted octanol–water partition coefficient (Wildman–Crippen LogP) is 4.05. The summed E-state index contributed by atoms with van der Waals surface area (Å²) in [4.78, 5) is 34.0. The molecular weight excluding hydrogens is 500 g/mol. The van der Waals surface area contributed by atoms with Crippen molar-refractivity contribution in [3.63, 3.8) is 0 Å². The van der Waals surface area contributed by atoms with Gasteiger partial charge in [0.2, 0.25) is 10.0 Å². The first-order valence-electron chi connectivity index (χ1n) is 11.8. The molecule has 2 heterocycles. The Labute approximate surface area is 213 Å². The summed E-state index contributed by atoms with van der Waals surface area (Å²) < 4.78 is 33.3. The Hall–Kier alpha value is -3.28. The highest BCUT2D eigenvalue weighted by Crippen LogP contribution is 2.32. The van der Waals surface area contributed by atoms with Gasteiger partial charge in [-0.1, -0.05) is 30.3 Å². The fourth-order valence-electron chi connectivity index (χ4n) is 4.11. The number of benzene rings is 2. The fraction of sp³-hybridized carbons (Fsp3) is 0.320. The second-order valence-corrected chi connectivity index (χ2v) is 11.4. The topological polar surface area (TPSA) is 109 Å². The zero-order valence-corrected chi connectivity index (χ0v) is 21.1. The molecule has 1 aromatic heterocycles. The Kier molecular flexibility index (Phi) is 7.04. The molecular formula is C25H26N4O5S2. The number of hydrogen-bond donors (Lipinski definition) is 1. The summed E-state index contributed by atoms with van der Waals surface area (Å²) in [7, 11) is -3.61. The van der Waals surface area contributed by atoms with Gasteiger partial charge in [0.05, 0.1) is 10.6 Å². The summed E-state index contributed by atoms with van der Waals surface area (Å²) in [5.41, 5.74) is 1.34. The van der Waals surface area contributed by atoms with E-state index in [0.29, 0.717) is 30.2 Å². The second kappa shape index (κ2) is 10.4. The number of nitrogens with one attached hydrogen (secondary N) is 1. The summed E-state index contributed by atoms with van der Waals surface area (Å²) in [6.07, 6.45) is 3.91. The molecule has 2 aliphatic rings. The lowest BCUT2D eigenvalue weighted by Gasteiger charge is -2.28. The zero-order valence-electron chi connectivity index (χ0n) is 19.4. The van der Waals surface area contributed by atoms with Crippen LogP contribution in [0.15, 0.2) is 71.1 Å². The molecule has 1 N–H and O–H groups in total. The number of aromatic nitrogens is 1. The normalized spacial score (nSPS) is 17.7. The first-order valence-corrected chi connectivity index (χ1v) is 14.1. The monoisotopic (exact) mass is 526 g/mol. The molecule has 5 rings (SSSR count). The minimum atomic E-state index is -3.61. The molecule has 0 spiro atoms. The molecule has 1 saturated heterocycles. The van der Waals surface area contributed by atoms with Gasteiger partial charge in [0.1, 0.15) is 12.6 Å². The SMILES string of the molecule is O=C(C1CCCN1C(=O)OCc1ccccc1)N(c1ccc(S(=O)(=O)NC2CC2)cc1)c1nccs1. The molecule has 1 atom stereocenters. The standard InChI is InChI=1S/C25H26N4O5S2/c30-23(22-7-4-15-28(22)25(31)34-17-18-5-2-1-3-6-18)29(24-26-14-16-35-24)20-10-12-21(13-11-20)36(32,33)27-19-8-9-19/h1-3,5-6,10-14,16,19,22,27H,4,7-9,15,17H2. The van der Waals surface area contributed by atoms with E-state index in [-0.39, 0.29) is 23.5 Å². The van der Waals surface area contributed by atoms with E-state index in [2.05, 4.69) is 9.71 Å². The van der Waals surface area contributed by atoms with Crippen molar-refractivity contribution >= 4 is 44.2 Å². The summed E-state index contributed by atoms with van der Waals surface area (Å²) in [6.45, 7) is 0.540. The third-order valence-corrected chi connectivity index (χ3v) is 8.41. The van der Waals surface area contributed by atoms with Crippen LogP contribution in [0.4, 0.5) is 15.6 Å². The van der Waals surface area contributed by atoms with Crippen molar-refractivity contribution in [3.8, 4) is 0 Å². The van der Waals surface area contributed by atoms with Crippen molar-refractivity contribution in [3.05, 3.63) is 71.7 Å². The van der Waals surface area contributed by atoms with Crippen molar-refractivity contribution in [1.82, 2.24) is 14.6 Å². The maximum absolute atomic E-state index is 13.8. The molecule has 0 radical (unpaired) electrons. The van der Waals surface area contributed by atoms with Crippen molar-refractivity contribution in [2.45, 2.75) is 49.3 Å². The number of thiazole rings is 1. The Bertz CT molecular complexity index is 1310. The van der Waals surface area contributed by atoms with Gasteiger partial charge in [-0.15, -0.1) is 11.3 Å². The van der Waals surface area contributed by atoms with Crippen molar-refractivity contribution in [2.75, 3.05) is 11.4 Å². The summed E-state index contributed by atoms with van der Waals surface area (Å²) in [5.74, 6) is -0.314. The number of anilines is 2. The molecule has 1 saturated carbocycles. The molecule has 0 bridgehead atoms. The van der Waals surface area contributed by atoms with Gasteiger partial charge in [-0.2, -0.15) is 0 Å². The molecule has 1 aliphatic heterocycles. The highest BCUT2D eigenvalue weighted by atomic mass is 32.2. The van der Waals surface area contributed by atoms with E-state index in [1.165, 1.54) is 33.3 Å². The summed E-state index contributed by atoms with van der Waals surface area (Å²) in [5, 5.41) is 2.20. The smallest absolute Gasteiger partial charge is 0.410 e. The third-order valence-electron chi connectivity index (χ3n) is 6.11. The maximum Gasteiger partial charge on any atom is 0.410 e. The molecule has 1 unspecified atom stereocenters. The molecule has 2 amide bonds. The third kappa shape index (κ3) is 5.43. The fourth-order valence-corrected chi connectivity index (χ4v) is 6.09. The van der Waals surface area contributed by atoms with E-state index in [0.717, 1.165) is 18.4 Å². The molecule has 3 aromatic rings. The van der Waals surface area contributed by atoms with Crippen LogP contribution in [-0.2, 0) is 26.2 Å². The minimum Gasteiger partial charge on any atom is -0.445 e. The lowest BCUT2D eigenvalue weighted by molar-refractivity contribution is -0.121. The van der Waals surface area contributed by atoms with Crippen LogP contribution < -0.4 is 9.62 Å². The highest BCUT2D eigenvalue weighted by molar-refractivity contribution is 7.89. The van der Waals surface area contributed by atoms with Crippen LogP contribution in [0.5, 0.6) is 0 Å². The quantitative estimate of drug-likeness (QED) is 0.474. The predicted molar refractivity (Wildman–Crippen MR) is 135 cm³/mol. The van der Waals surface area contributed by atoms with E-state index in [9.17, 15) is 18.0 Å². The molecule has 9 nitrogen and oxygen atoms in total. The Balaban J connectivity index is 1.35. The number of hydrogen-bond acceptors (Lipinski definition) is 7. The average Bonchev–Trinajstić information content (AvgIpc) is 3.33. The summed E-state index contributed by atoms with van der Waals surface area (Å²) in [6, 6.07) is 14.8. The van der Waals surface area contributed by atoms with Gasteiger partial charge in [-0.05, 0) is 55.5 Å². The van der Waals surface area contributed by atoms with Crippen LogP contribution >= 0.6 is 11.3 Å². The number of likely N-dealkylation sites (tertiary alicyclic amines) is 1. The molecule has 2 fully saturated rings. The van der Waals surface area contributed by atoms with E-state index in [1.54, 1.807) is 23.7 Å². The molecule has 36 heavy (non-hydrogen) atoms. The van der Waals surface area contributed by atoms with Gasteiger partial charge < -0.3 is 4.74 Å². The van der Waals surface area contributed by atoms with Gasteiger partial charge in [0.15, 0.2) is 5.13 Å². The zero-order chi connectivity index (χ0) is 25.1. The number of nitrogens with zero attached hydrogens (tertiary/aromatic N) is 3. The highest BCUT2D eigenvalue weighted by Gasteiger charge is 2.39. The Morgan fingerprint density at radius 2 is 1.83 bits per heavy atom. The number of rotatable bonds is 8. The lowest BCUT2D eigenvalue weighted by Crippen LogP contribution is -2.46. The van der Waals surface area contributed by atoms with Crippen LogP contribution in [-0.4, -0.2) is 48.9 Å². The molecule has 2 aromatic carbocycles. The summed E-state index contributed by atoms with van der Waals surface area (Å²) >= 11 is 1.29. The number of carbonyl (C=O) groups is 2. The molecule has 188 valence electrons. The van der Waals surface area contributed by atoms with Gasteiger partial charge in [0.25, 0.3) is 5.91 Å². The maximum atomic E-state index is 13.8. The van der Waals surface area contributed by atoms with Gasteiger partial charge in [-0.25, -0.2) is 22.9 Å². The van der Waals surface area contributed by atoms with E-state index in [1.807, 2.05) is 30.3 Å². The van der Waals surface area contributed by atoms with E-state index >= 15 is 0 Å². The Morgan fingerprint density at radius 1 is 1.08 bits per heavy atom. The first-order chi connectivity index (χ1) is 17.4. The van der Waals surface area contributed by atoms with E-state index < -0.39 is 22.2 Å². The first kappa shape index (κ1) is 24.4.